The molecule has 0 aliphatic carbocycles. The van der Waals surface area contributed by atoms with Crippen molar-refractivity contribution < 1.29 is 9.66 Å². The predicted molar refractivity (Wildman–Crippen MR) is 58.9 cm³/mol. The molecule has 0 amide bonds. The lowest BCUT2D eigenvalue weighted by molar-refractivity contribution is -0.384. The van der Waals surface area contributed by atoms with Gasteiger partial charge in [-0.2, -0.15) is 0 Å². The number of hydrogen-bond donors (Lipinski definition) is 1. The molecule has 0 saturated carbocycles. The van der Waals surface area contributed by atoms with Crippen LogP contribution in [0.2, 0.25) is 0 Å². The highest BCUT2D eigenvalue weighted by atomic mass is 32.2. The number of nitrogens with one attached hydrogen (secondary N) is 1. The van der Waals surface area contributed by atoms with Gasteiger partial charge < -0.3 is 10.1 Å². The summed E-state index contributed by atoms with van der Waals surface area (Å²) in [5, 5.41) is 13.9. The van der Waals surface area contributed by atoms with Crippen LogP contribution >= 0.6 is 11.8 Å². The maximum Gasteiger partial charge on any atom is 0.297 e. The van der Waals surface area contributed by atoms with Gasteiger partial charge in [0.1, 0.15) is 11.4 Å². The first kappa shape index (κ1) is 10.1. The number of nitro groups is 1. The zero-order chi connectivity index (χ0) is 10.8. The quantitative estimate of drug-likeness (QED) is 0.618. The first-order valence-electron chi connectivity index (χ1n) is 4.45. The van der Waals surface area contributed by atoms with Gasteiger partial charge in [0.2, 0.25) is 0 Å². The molecule has 5 nitrogen and oxygen atoms in total. The molecule has 0 aromatic heterocycles. The Labute approximate surface area is 91.0 Å². The summed E-state index contributed by atoms with van der Waals surface area (Å²) in [6, 6.07) is 3.26. The molecule has 2 rings (SSSR count). The van der Waals surface area contributed by atoms with Gasteiger partial charge in [-0.1, -0.05) is 0 Å². The highest BCUT2D eigenvalue weighted by Gasteiger charge is 2.22. The molecule has 0 radical (unpaired) electrons. The molecular formula is C9H10N2O3S. The molecule has 6 heteroatoms. The number of methoxy groups -OCH3 is 1. The van der Waals surface area contributed by atoms with E-state index in [9.17, 15) is 10.1 Å². The van der Waals surface area contributed by atoms with Crippen LogP contribution in [0.25, 0.3) is 0 Å². The average Bonchev–Trinajstić information content (AvgIpc) is 2.27. The van der Waals surface area contributed by atoms with E-state index in [1.54, 1.807) is 11.8 Å². The van der Waals surface area contributed by atoms with E-state index in [4.69, 9.17) is 4.74 Å². The summed E-state index contributed by atoms with van der Waals surface area (Å²) in [4.78, 5) is 11.3. The average molecular weight is 226 g/mol. The van der Waals surface area contributed by atoms with E-state index in [0.717, 1.165) is 17.2 Å². The molecule has 0 bridgehead atoms. The number of rotatable bonds is 2. The number of ether oxygens (including phenoxy) is 1. The van der Waals surface area contributed by atoms with Gasteiger partial charge in [0.15, 0.2) is 0 Å². The van der Waals surface area contributed by atoms with E-state index in [2.05, 4.69) is 5.32 Å². The molecule has 0 saturated heterocycles. The minimum absolute atomic E-state index is 0.0801. The van der Waals surface area contributed by atoms with Crippen LogP contribution in [-0.4, -0.2) is 24.3 Å². The normalized spacial score (nSPS) is 13.9. The lowest BCUT2D eigenvalue weighted by Crippen LogP contribution is -2.12. The Balaban J connectivity index is 2.55. The van der Waals surface area contributed by atoms with Gasteiger partial charge in [0, 0.05) is 17.2 Å². The Bertz CT molecular complexity index is 409. The number of fused-ring (bicyclic) bond motifs is 1. The second-order valence-corrected chi connectivity index (χ2v) is 4.19. The first-order chi connectivity index (χ1) is 7.22. The van der Waals surface area contributed by atoms with Crippen molar-refractivity contribution >= 4 is 23.1 Å². The van der Waals surface area contributed by atoms with E-state index in [0.29, 0.717) is 11.4 Å². The second-order valence-electron chi connectivity index (χ2n) is 3.05. The Morgan fingerprint density at radius 1 is 1.60 bits per heavy atom. The van der Waals surface area contributed by atoms with Crippen LogP contribution in [0, 0.1) is 10.1 Å². The summed E-state index contributed by atoms with van der Waals surface area (Å²) in [5.41, 5.74) is 0.689. The molecule has 80 valence electrons. The molecule has 1 aromatic carbocycles. The Morgan fingerprint density at radius 2 is 2.40 bits per heavy atom. The van der Waals surface area contributed by atoms with Crippen LogP contribution in [-0.2, 0) is 0 Å². The fraction of sp³-hybridized carbons (Fsp3) is 0.333. The van der Waals surface area contributed by atoms with Crippen LogP contribution < -0.4 is 10.1 Å². The van der Waals surface area contributed by atoms with Crippen molar-refractivity contribution in [2.75, 3.05) is 24.7 Å². The van der Waals surface area contributed by atoms with E-state index in [-0.39, 0.29) is 10.6 Å². The molecular weight excluding hydrogens is 216 g/mol. The van der Waals surface area contributed by atoms with Gasteiger partial charge in [0.25, 0.3) is 5.69 Å². The minimum Gasteiger partial charge on any atom is -0.496 e. The van der Waals surface area contributed by atoms with Gasteiger partial charge >= 0.3 is 0 Å². The number of nitrogens with zero attached hydrogens (tertiary/aromatic N) is 1. The van der Waals surface area contributed by atoms with Crippen LogP contribution in [0.4, 0.5) is 11.4 Å². The Kier molecular flexibility index (Phi) is 2.68. The monoisotopic (exact) mass is 226 g/mol. The fourth-order valence-corrected chi connectivity index (χ4v) is 2.41. The zero-order valence-electron chi connectivity index (χ0n) is 8.15. The lowest BCUT2D eigenvalue weighted by atomic mass is 10.2. The van der Waals surface area contributed by atoms with Gasteiger partial charge in [-0.15, -0.1) is 11.8 Å². The Morgan fingerprint density at radius 3 is 3.07 bits per heavy atom. The molecule has 1 aromatic rings. The number of benzene rings is 1. The van der Waals surface area contributed by atoms with E-state index >= 15 is 0 Å². The number of nitro benzene ring substituents is 1. The number of hydrogen-bond acceptors (Lipinski definition) is 5. The zero-order valence-corrected chi connectivity index (χ0v) is 8.97. The molecule has 1 aliphatic heterocycles. The van der Waals surface area contributed by atoms with E-state index < -0.39 is 0 Å². The number of thioether (sulfide) groups is 1. The van der Waals surface area contributed by atoms with Crippen molar-refractivity contribution in [3.05, 3.63) is 22.2 Å². The van der Waals surface area contributed by atoms with Gasteiger partial charge in [0.05, 0.1) is 18.1 Å². The van der Waals surface area contributed by atoms with Crippen LogP contribution in [0.15, 0.2) is 17.0 Å². The van der Waals surface area contributed by atoms with Crippen molar-refractivity contribution in [1.82, 2.24) is 0 Å². The van der Waals surface area contributed by atoms with Crippen molar-refractivity contribution in [3.8, 4) is 5.75 Å². The largest absolute Gasteiger partial charge is 0.496 e. The predicted octanol–water partition coefficient (Wildman–Crippen LogP) is 2.12. The van der Waals surface area contributed by atoms with Crippen molar-refractivity contribution in [3.63, 3.8) is 0 Å². The summed E-state index contributed by atoms with van der Waals surface area (Å²) in [5.74, 6) is 1.44. The third-order valence-electron chi connectivity index (χ3n) is 2.15. The summed E-state index contributed by atoms with van der Waals surface area (Å²) in [7, 11) is 1.51. The smallest absolute Gasteiger partial charge is 0.297 e. The van der Waals surface area contributed by atoms with Crippen LogP contribution in [0.1, 0.15) is 0 Å². The van der Waals surface area contributed by atoms with Gasteiger partial charge in [-0.05, 0) is 6.07 Å². The second kappa shape index (κ2) is 3.98. The first-order valence-corrected chi connectivity index (χ1v) is 5.44. The molecule has 0 unspecified atom stereocenters. The third kappa shape index (κ3) is 1.85. The van der Waals surface area contributed by atoms with Crippen LogP contribution in [0.3, 0.4) is 0 Å². The summed E-state index contributed by atoms with van der Waals surface area (Å²) in [6.45, 7) is 0.755. The maximum atomic E-state index is 10.8. The van der Waals surface area contributed by atoms with Crippen molar-refractivity contribution in [1.29, 1.82) is 0 Å². The standard InChI is InChI=1S/C9H10N2O3S/c1-14-6-4-7(11(12)13)9-8(5-6)15-3-2-10-9/h4-5,10H,2-3H2,1H3. The molecule has 15 heavy (non-hydrogen) atoms. The number of anilines is 1. The van der Waals surface area contributed by atoms with Crippen molar-refractivity contribution in [2.24, 2.45) is 0 Å². The van der Waals surface area contributed by atoms with Crippen LogP contribution in [0.5, 0.6) is 5.75 Å². The molecule has 1 N–H and O–H groups in total. The molecule has 1 aliphatic rings. The molecule has 0 atom stereocenters. The van der Waals surface area contributed by atoms with Gasteiger partial charge in [-0.25, -0.2) is 0 Å². The maximum absolute atomic E-state index is 10.8. The topological polar surface area (TPSA) is 64.4 Å². The Hall–Kier alpha value is -1.43. The van der Waals surface area contributed by atoms with E-state index in [1.165, 1.54) is 13.2 Å². The summed E-state index contributed by atoms with van der Waals surface area (Å²) >= 11 is 1.60. The fourth-order valence-electron chi connectivity index (χ4n) is 1.47. The lowest BCUT2D eigenvalue weighted by Gasteiger charge is -2.17. The highest BCUT2D eigenvalue weighted by Crippen LogP contribution is 2.40. The summed E-state index contributed by atoms with van der Waals surface area (Å²) < 4.78 is 5.03. The van der Waals surface area contributed by atoms with Gasteiger partial charge in [-0.3, -0.25) is 10.1 Å². The highest BCUT2D eigenvalue weighted by molar-refractivity contribution is 7.99. The minimum atomic E-state index is -0.389. The van der Waals surface area contributed by atoms with Crippen molar-refractivity contribution in [2.45, 2.75) is 4.90 Å². The molecule has 0 fully saturated rings. The molecule has 1 heterocycles. The van der Waals surface area contributed by atoms with E-state index in [1.807, 2.05) is 6.07 Å². The molecule has 0 spiro atoms. The third-order valence-corrected chi connectivity index (χ3v) is 3.19. The summed E-state index contributed by atoms with van der Waals surface area (Å²) in [6.07, 6.45) is 0. The SMILES string of the molecule is COc1cc2c(c([N+](=O)[O-])c1)NCCS2.